The molecule has 0 saturated heterocycles. The van der Waals surface area contributed by atoms with Gasteiger partial charge in [0, 0.05) is 11.1 Å². The molecule has 0 radical (unpaired) electrons. The summed E-state index contributed by atoms with van der Waals surface area (Å²) in [5.74, 6) is 8.37. The van der Waals surface area contributed by atoms with Crippen molar-refractivity contribution >= 4 is 10.8 Å². The normalized spacial score (nSPS) is 10.5. The SMILES string of the molecule is CCCCCOc1ccc(C#Cc2ccc3cc(OCCCCC)ccc3c2)cc1. The average Bonchev–Trinajstić information content (AvgIpc) is 2.79. The molecule has 30 heavy (non-hydrogen) atoms. The Morgan fingerprint density at radius 1 is 0.567 bits per heavy atom. The largest absolute Gasteiger partial charge is 0.494 e. The second-order valence-electron chi connectivity index (χ2n) is 7.61. The van der Waals surface area contributed by atoms with Gasteiger partial charge in [-0.2, -0.15) is 0 Å². The maximum Gasteiger partial charge on any atom is 0.119 e. The Morgan fingerprint density at radius 3 is 1.80 bits per heavy atom. The van der Waals surface area contributed by atoms with Crippen LogP contribution in [0.1, 0.15) is 63.5 Å². The summed E-state index contributed by atoms with van der Waals surface area (Å²) < 4.78 is 11.6. The van der Waals surface area contributed by atoms with Crippen molar-refractivity contribution < 1.29 is 9.47 Å². The van der Waals surface area contributed by atoms with Crippen molar-refractivity contribution in [1.82, 2.24) is 0 Å². The van der Waals surface area contributed by atoms with Crippen LogP contribution in [0.2, 0.25) is 0 Å². The zero-order chi connectivity index (χ0) is 21.0. The molecule has 3 rings (SSSR count). The molecule has 0 atom stereocenters. The lowest BCUT2D eigenvalue weighted by Gasteiger charge is -2.07. The Balaban J connectivity index is 1.60. The lowest BCUT2D eigenvalue weighted by Crippen LogP contribution is -1.96. The second-order valence-corrected chi connectivity index (χ2v) is 7.61. The van der Waals surface area contributed by atoms with Crippen molar-refractivity contribution in [3.05, 3.63) is 71.8 Å². The first-order valence-electron chi connectivity index (χ1n) is 11.2. The Labute approximate surface area is 181 Å². The molecule has 3 aromatic carbocycles. The molecule has 2 nitrogen and oxygen atoms in total. The Kier molecular flexibility index (Phi) is 8.66. The quantitative estimate of drug-likeness (QED) is 0.261. The summed E-state index contributed by atoms with van der Waals surface area (Å²) in [6.45, 7) is 5.97. The van der Waals surface area contributed by atoms with E-state index in [-0.39, 0.29) is 0 Å². The van der Waals surface area contributed by atoms with Crippen LogP contribution in [0.25, 0.3) is 10.8 Å². The third-order valence-electron chi connectivity index (χ3n) is 5.05. The van der Waals surface area contributed by atoms with Gasteiger partial charge in [0.1, 0.15) is 11.5 Å². The van der Waals surface area contributed by atoms with E-state index in [0.29, 0.717) is 0 Å². The van der Waals surface area contributed by atoms with Crippen molar-refractivity contribution in [3.8, 4) is 23.3 Å². The second kappa shape index (κ2) is 11.9. The van der Waals surface area contributed by atoms with E-state index in [0.717, 1.165) is 48.7 Å². The molecule has 0 saturated carbocycles. The van der Waals surface area contributed by atoms with Gasteiger partial charge < -0.3 is 9.47 Å². The number of ether oxygens (including phenoxy) is 2. The Hall–Kier alpha value is -2.92. The summed E-state index contributed by atoms with van der Waals surface area (Å²) in [5, 5.41) is 2.36. The van der Waals surface area contributed by atoms with Crippen molar-refractivity contribution in [2.45, 2.75) is 52.4 Å². The molecule has 0 aliphatic heterocycles. The number of benzene rings is 3. The van der Waals surface area contributed by atoms with Crippen molar-refractivity contribution in [1.29, 1.82) is 0 Å². The fourth-order valence-electron chi connectivity index (χ4n) is 3.25. The fraction of sp³-hybridized carbons (Fsp3) is 0.357. The molecule has 0 bridgehead atoms. The van der Waals surface area contributed by atoms with Crippen molar-refractivity contribution in [3.63, 3.8) is 0 Å². The first-order chi connectivity index (χ1) is 14.8. The first kappa shape index (κ1) is 21.8. The number of fused-ring (bicyclic) bond motifs is 1. The third kappa shape index (κ3) is 6.85. The highest BCUT2D eigenvalue weighted by atomic mass is 16.5. The van der Waals surface area contributed by atoms with E-state index in [1.165, 1.54) is 36.5 Å². The molecule has 0 unspecified atom stereocenters. The van der Waals surface area contributed by atoms with Gasteiger partial charge in [-0.25, -0.2) is 0 Å². The van der Waals surface area contributed by atoms with Crippen molar-refractivity contribution in [2.75, 3.05) is 13.2 Å². The molecule has 0 aliphatic carbocycles. The summed E-state index contributed by atoms with van der Waals surface area (Å²) >= 11 is 0. The minimum absolute atomic E-state index is 0.779. The molecule has 0 heterocycles. The molecule has 0 amide bonds. The Morgan fingerprint density at radius 2 is 1.10 bits per heavy atom. The molecule has 3 aromatic rings. The van der Waals surface area contributed by atoms with Gasteiger partial charge in [-0.3, -0.25) is 0 Å². The zero-order valence-corrected chi connectivity index (χ0v) is 18.2. The number of hydrogen-bond acceptors (Lipinski definition) is 2. The van der Waals surface area contributed by atoms with Gasteiger partial charge in [0.05, 0.1) is 13.2 Å². The number of rotatable bonds is 10. The molecule has 0 aliphatic rings. The van der Waals surface area contributed by atoms with Gasteiger partial charge in [0.25, 0.3) is 0 Å². The summed E-state index contributed by atoms with van der Waals surface area (Å²) in [6.07, 6.45) is 7.05. The first-order valence-corrected chi connectivity index (χ1v) is 11.2. The molecular formula is C28H32O2. The molecule has 0 fully saturated rings. The lowest BCUT2D eigenvalue weighted by atomic mass is 10.1. The van der Waals surface area contributed by atoms with Gasteiger partial charge in [-0.15, -0.1) is 0 Å². The lowest BCUT2D eigenvalue weighted by molar-refractivity contribution is 0.306. The molecule has 0 spiro atoms. The van der Waals surface area contributed by atoms with Crippen LogP contribution in [-0.4, -0.2) is 13.2 Å². The van der Waals surface area contributed by atoms with E-state index in [2.05, 4.69) is 56.0 Å². The van der Waals surface area contributed by atoms with Crippen LogP contribution in [0, 0.1) is 11.8 Å². The molecular weight excluding hydrogens is 368 g/mol. The topological polar surface area (TPSA) is 18.5 Å². The molecule has 0 aromatic heterocycles. The van der Waals surface area contributed by atoms with Crippen LogP contribution in [0.5, 0.6) is 11.5 Å². The van der Waals surface area contributed by atoms with Crippen molar-refractivity contribution in [2.24, 2.45) is 0 Å². The van der Waals surface area contributed by atoms with Crippen LogP contribution in [-0.2, 0) is 0 Å². The van der Waals surface area contributed by atoms with E-state index >= 15 is 0 Å². The van der Waals surface area contributed by atoms with E-state index in [1.807, 2.05) is 30.3 Å². The zero-order valence-electron chi connectivity index (χ0n) is 18.2. The van der Waals surface area contributed by atoms with E-state index in [1.54, 1.807) is 0 Å². The Bertz CT molecular complexity index is 977. The summed E-state index contributed by atoms with van der Waals surface area (Å²) in [6, 6.07) is 20.6. The highest BCUT2D eigenvalue weighted by Gasteiger charge is 1.99. The summed E-state index contributed by atoms with van der Waals surface area (Å²) in [7, 11) is 0. The highest BCUT2D eigenvalue weighted by molar-refractivity contribution is 5.85. The van der Waals surface area contributed by atoms with Crippen LogP contribution in [0.15, 0.2) is 60.7 Å². The van der Waals surface area contributed by atoms with E-state index in [4.69, 9.17) is 9.47 Å². The number of hydrogen-bond donors (Lipinski definition) is 0. The van der Waals surface area contributed by atoms with Gasteiger partial charge >= 0.3 is 0 Å². The number of unbranched alkanes of at least 4 members (excludes halogenated alkanes) is 4. The third-order valence-corrected chi connectivity index (χ3v) is 5.05. The maximum absolute atomic E-state index is 5.86. The average molecular weight is 401 g/mol. The predicted octanol–water partition coefficient (Wildman–Crippen LogP) is 7.38. The smallest absolute Gasteiger partial charge is 0.119 e. The highest BCUT2D eigenvalue weighted by Crippen LogP contribution is 2.22. The summed E-state index contributed by atoms with van der Waals surface area (Å²) in [5.41, 5.74) is 2.01. The van der Waals surface area contributed by atoms with Crippen LogP contribution in [0.3, 0.4) is 0 Å². The predicted molar refractivity (Wildman–Crippen MR) is 126 cm³/mol. The van der Waals surface area contributed by atoms with Crippen LogP contribution < -0.4 is 9.47 Å². The maximum atomic E-state index is 5.86. The fourth-order valence-corrected chi connectivity index (χ4v) is 3.25. The summed E-state index contributed by atoms with van der Waals surface area (Å²) in [4.78, 5) is 0. The molecule has 0 N–H and O–H groups in total. The van der Waals surface area contributed by atoms with Crippen LogP contribution in [0.4, 0.5) is 0 Å². The standard InChI is InChI=1S/C28H32O2/c1-3-5-7-19-29-27-16-12-23(13-17-27)9-10-24-11-14-26-22-28(18-15-25(26)21-24)30-20-8-6-4-2/h11-18,21-22H,3-8,19-20H2,1-2H3. The molecule has 156 valence electrons. The van der Waals surface area contributed by atoms with Gasteiger partial charge in [0.15, 0.2) is 0 Å². The molecule has 2 heteroatoms. The minimum Gasteiger partial charge on any atom is -0.494 e. The minimum atomic E-state index is 0.779. The van der Waals surface area contributed by atoms with Gasteiger partial charge in [0.2, 0.25) is 0 Å². The monoisotopic (exact) mass is 400 g/mol. The van der Waals surface area contributed by atoms with Gasteiger partial charge in [-0.1, -0.05) is 63.5 Å². The van der Waals surface area contributed by atoms with E-state index < -0.39 is 0 Å². The van der Waals surface area contributed by atoms with E-state index in [9.17, 15) is 0 Å². The van der Waals surface area contributed by atoms with Gasteiger partial charge in [-0.05, 0) is 72.1 Å². The van der Waals surface area contributed by atoms with Crippen LogP contribution >= 0.6 is 0 Å².